The highest BCUT2D eigenvalue weighted by atomic mass is 35.5. The van der Waals surface area contributed by atoms with Crippen LogP contribution in [0.2, 0.25) is 0 Å². The first-order valence-corrected chi connectivity index (χ1v) is 6.13. The van der Waals surface area contributed by atoms with Gasteiger partial charge in [-0.25, -0.2) is 0 Å². The Bertz CT molecular complexity index is 488. The topological polar surface area (TPSA) is 33.5 Å². The largest absolute Gasteiger partial charge is 0.451 e. The van der Waals surface area contributed by atoms with Crippen molar-refractivity contribution in [3.63, 3.8) is 0 Å². The summed E-state index contributed by atoms with van der Waals surface area (Å²) in [6.07, 6.45) is 0. The first kappa shape index (κ1) is 12.0. The molecule has 0 spiro atoms. The number of benzene rings is 1. The van der Waals surface area contributed by atoms with Crippen molar-refractivity contribution >= 4 is 28.5 Å². The molecule has 0 aliphatic rings. The Kier molecular flexibility index (Phi) is 3.69. The predicted octanol–water partition coefficient (Wildman–Crippen LogP) is 3.13. The number of furan rings is 1. The van der Waals surface area contributed by atoms with E-state index in [9.17, 15) is 4.79 Å². The fourth-order valence-corrected chi connectivity index (χ4v) is 1.95. The molecular formula is C13H14ClNO2. The second kappa shape index (κ2) is 5.23. The number of alkyl halides is 1. The summed E-state index contributed by atoms with van der Waals surface area (Å²) in [7, 11) is 0. The summed E-state index contributed by atoms with van der Waals surface area (Å²) in [6.45, 7) is 3.09. The second-order valence-electron chi connectivity index (χ2n) is 3.72. The molecule has 3 nitrogen and oxygen atoms in total. The summed E-state index contributed by atoms with van der Waals surface area (Å²) in [6, 6.07) is 9.35. The zero-order valence-electron chi connectivity index (χ0n) is 9.65. The summed E-state index contributed by atoms with van der Waals surface area (Å²) in [4.78, 5) is 13.8. The summed E-state index contributed by atoms with van der Waals surface area (Å²) >= 11 is 5.66. The van der Waals surface area contributed by atoms with Gasteiger partial charge in [-0.15, -0.1) is 11.6 Å². The lowest BCUT2D eigenvalue weighted by molar-refractivity contribution is 0.0744. The Morgan fingerprint density at radius 2 is 2.18 bits per heavy atom. The van der Waals surface area contributed by atoms with Gasteiger partial charge < -0.3 is 9.32 Å². The van der Waals surface area contributed by atoms with Gasteiger partial charge in [0.25, 0.3) is 5.91 Å². The lowest BCUT2D eigenvalue weighted by Gasteiger charge is -2.17. The number of halogens is 1. The molecule has 0 radical (unpaired) electrons. The number of amides is 1. The molecular weight excluding hydrogens is 238 g/mol. The molecule has 17 heavy (non-hydrogen) atoms. The maximum absolute atomic E-state index is 12.1. The zero-order chi connectivity index (χ0) is 12.3. The summed E-state index contributed by atoms with van der Waals surface area (Å²) in [5.41, 5.74) is 0.734. The molecule has 2 rings (SSSR count). The van der Waals surface area contributed by atoms with Crippen LogP contribution in [-0.2, 0) is 0 Å². The minimum Gasteiger partial charge on any atom is -0.451 e. The van der Waals surface area contributed by atoms with Crippen LogP contribution in [0.15, 0.2) is 34.7 Å². The molecule has 4 heteroatoms. The van der Waals surface area contributed by atoms with Crippen molar-refractivity contribution in [2.24, 2.45) is 0 Å². The van der Waals surface area contributed by atoms with Crippen LogP contribution in [0.3, 0.4) is 0 Å². The Morgan fingerprint density at radius 3 is 2.82 bits per heavy atom. The minimum absolute atomic E-state index is 0.107. The standard InChI is InChI=1S/C13H14ClNO2/c1-2-15(8-7-14)13(16)12-9-10-5-3-4-6-11(10)17-12/h3-6,9H,2,7-8H2,1H3. The molecule has 0 bridgehead atoms. The van der Waals surface area contributed by atoms with Crippen LogP contribution in [0.1, 0.15) is 17.5 Å². The Morgan fingerprint density at radius 1 is 1.41 bits per heavy atom. The van der Waals surface area contributed by atoms with E-state index >= 15 is 0 Å². The molecule has 1 heterocycles. The van der Waals surface area contributed by atoms with Gasteiger partial charge in [-0.05, 0) is 19.1 Å². The second-order valence-corrected chi connectivity index (χ2v) is 4.10. The van der Waals surface area contributed by atoms with E-state index in [2.05, 4.69) is 0 Å². The maximum Gasteiger partial charge on any atom is 0.289 e. The van der Waals surface area contributed by atoms with Crippen molar-refractivity contribution in [2.45, 2.75) is 6.92 Å². The van der Waals surface area contributed by atoms with Crippen LogP contribution < -0.4 is 0 Å². The van der Waals surface area contributed by atoms with Crippen LogP contribution in [0.4, 0.5) is 0 Å². The van der Waals surface area contributed by atoms with Gasteiger partial charge >= 0.3 is 0 Å². The highest BCUT2D eigenvalue weighted by Gasteiger charge is 2.17. The van der Waals surface area contributed by atoms with E-state index in [4.69, 9.17) is 16.0 Å². The number of carbonyl (C=O) groups is 1. The van der Waals surface area contributed by atoms with Gasteiger partial charge in [0.05, 0.1) is 0 Å². The average molecular weight is 252 g/mol. The molecule has 1 aromatic carbocycles. The van der Waals surface area contributed by atoms with Gasteiger partial charge in [-0.3, -0.25) is 4.79 Å². The Balaban J connectivity index is 2.29. The fraction of sp³-hybridized carbons (Fsp3) is 0.308. The van der Waals surface area contributed by atoms with Crippen molar-refractivity contribution in [3.05, 3.63) is 36.1 Å². The van der Waals surface area contributed by atoms with Gasteiger partial charge in [-0.1, -0.05) is 18.2 Å². The van der Waals surface area contributed by atoms with Gasteiger partial charge in [-0.2, -0.15) is 0 Å². The molecule has 90 valence electrons. The van der Waals surface area contributed by atoms with Gasteiger partial charge in [0.1, 0.15) is 5.58 Å². The third kappa shape index (κ3) is 2.44. The summed E-state index contributed by atoms with van der Waals surface area (Å²) in [5.74, 6) is 0.697. The molecule has 0 unspecified atom stereocenters. The number of rotatable bonds is 4. The molecule has 0 saturated carbocycles. The van der Waals surface area contributed by atoms with E-state index in [1.165, 1.54) is 0 Å². The smallest absolute Gasteiger partial charge is 0.289 e. The minimum atomic E-state index is -0.107. The lowest BCUT2D eigenvalue weighted by Crippen LogP contribution is -2.32. The summed E-state index contributed by atoms with van der Waals surface area (Å²) < 4.78 is 5.52. The van der Waals surface area contributed by atoms with Gasteiger partial charge in [0, 0.05) is 24.4 Å². The van der Waals surface area contributed by atoms with Gasteiger partial charge in [0.2, 0.25) is 0 Å². The number of fused-ring (bicyclic) bond motifs is 1. The van der Waals surface area contributed by atoms with Crippen molar-refractivity contribution in [3.8, 4) is 0 Å². The van der Waals surface area contributed by atoms with E-state index in [0.29, 0.717) is 24.7 Å². The van der Waals surface area contributed by atoms with E-state index in [1.807, 2.05) is 31.2 Å². The Labute approximate surface area is 105 Å². The van der Waals surface area contributed by atoms with Crippen molar-refractivity contribution in [1.82, 2.24) is 4.90 Å². The molecule has 0 fully saturated rings. The van der Waals surface area contributed by atoms with Crippen LogP contribution in [0.5, 0.6) is 0 Å². The van der Waals surface area contributed by atoms with E-state index in [-0.39, 0.29) is 5.91 Å². The highest BCUT2D eigenvalue weighted by molar-refractivity contribution is 6.18. The first-order valence-electron chi connectivity index (χ1n) is 5.60. The number of para-hydroxylation sites is 1. The third-order valence-electron chi connectivity index (χ3n) is 2.66. The van der Waals surface area contributed by atoms with Crippen molar-refractivity contribution in [2.75, 3.05) is 19.0 Å². The molecule has 1 aromatic heterocycles. The normalized spacial score (nSPS) is 10.7. The predicted molar refractivity (Wildman–Crippen MR) is 68.5 cm³/mol. The highest BCUT2D eigenvalue weighted by Crippen LogP contribution is 2.19. The first-order chi connectivity index (χ1) is 8.26. The summed E-state index contributed by atoms with van der Waals surface area (Å²) in [5, 5.41) is 0.942. The number of hydrogen-bond donors (Lipinski definition) is 0. The van der Waals surface area contributed by atoms with Crippen molar-refractivity contribution in [1.29, 1.82) is 0 Å². The zero-order valence-corrected chi connectivity index (χ0v) is 10.4. The molecule has 0 aliphatic carbocycles. The maximum atomic E-state index is 12.1. The fourth-order valence-electron chi connectivity index (χ4n) is 1.75. The molecule has 0 N–H and O–H groups in total. The van der Waals surface area contributed by atoms with E-state index in [0.717, 1.165) is 11.0 Å². The van der Waals surface area contributed by atoms with E-state index < -0.39 is 0 Å². The third-order valence-corrected chi connectivity index (χ3v) is 2.83. The van der Waals surface area contributed by atoms with Crippen molar-refractivity contribution < 1.29 is 9.21 Å². The lowest BCUT2D eigenvalue weighted by atomic mass is 10.2. The van der Waals surface area contributed by atoms with Crippen LogP contribution >= 0.6 is 11.6 Å². The average Bonchev–Trinajstić information content (AvgIpc) is 2.78. The van der Waals surface area contributed by atoms with Crippen LogP contribution in [-0.4, -0.2) is 29.8 Å². The van der Waals surface area contributed by atoms with Gasteiger partial charge in [0.15, 0.2) is 5.76 Å². The number of nitrogens with zero attached hydrogens (tertiary/aromatic N) is 1. The molecule has 0 aliphatic heterocycles. The van der Waals surface area contributed by atoms with Crippen LogP contribution in [0.25, 0.3) is 11.0 Å². The SMILES string of the molecule is CCN(CCCl)C(=O)c1cc2ccccc2o1. The molecule has 0 saturated heterocycles. The molecule has 1 amide bonds. The molecule has 0 atom stereocenters. The Hall–Kier alpha value is -1.48. The molecule has 2 aromatic rings. The monoisotopic (exact) mass is 251 g/mol. The van der Waals surface area contributed by atoms with Crippen LogP contribution in [0, 0.1) is 0 Å². The number of carbonyl (C=O) groups excluding carboxylic acids is 1. The number of hydrogen-bond acceptors (Lipinski definition) is 2. The van der Waals surface area contributed by atoms with E-state index in [1.54, 1.807) is 11.0 Å². The quantitative estimate of drug-likeness (QED) is 0.783.